The summed E-state index contributed by atoms with van der Waals surface area (Å²) >= 11 is 5.86. The van der Waals surface area contributed by atoms with Crippen LogP contribution >= 0.6 is 11.6 Å². The Balaban J connectivity index is 1.32. The number of hydrogen-bond donors (Lipinski definition) is 2. The number of alkyl halides is 2. The lowest BCUT2D eigenvalue weighted by Gasteiger charge is -2.32. The summed E-state index contributed by atoms with van der Waals surface area (Å²) < 4.78 is 60.9. The van der Waals surface area contributed by atoms with Gasteiger partial charge in [-0.1, -0.05) is 17.7 Å². The first-order valence-electron chi connectivity index (χ1n) is 12.8. The van der Waals surface area contributed by atoms with Gasteiger partial charge < -0.3 is 20.1 Å². The number of nitrogens with zero attached hydrogens (tertiary/aromatic N) is 3. The molecule has 2 aromatic heterocycles. The minimum atomic E-state index is -2.95. The zero-order chi connectivity index (χ0) is 29.5. The van der Waals surface area contributed by atoms with Crippen molar-refractivity contribution in [2.24, 2.45) is 5.92 Å². The van der Waals surface area contributed by atoms with Crippen molar-refractivity contribution in [3.05, 3.63) is 81.8 Å². The number of amides is 2. The van der Waals surface area contributed by atoms with E-state index in [0.29, 0.717) is 25.7 Å². The molecular formula is C28H25ClF4N4O4. The van der Waals surface area contributed by atoms with Crippen LogP contribution in [0, 0.1) is 17.6 Å². The van der Waals surface area contributed by atoms with Crippen LogP contribution in [0.4, 0.5) is 23.2 Å². The molecule has 1 unspecified atom stereocenters. The number of halogens is 5. The van der Waals surface area contributed by atoms with Crippen LogP contribution < -0.4 is 15.0 Å². The predicted molar refractivity (Wildman–Crippen MR) is 140 cm³/mol. The maximum atomic E-state index is 14.9. The van der Waals surface area contributed by atoms with E-state index < -0.39 is 41.2 Å². The van der Waals surface area contributed by atoms with E-state index in [9.17, 15) is 32.3 Å². The molecule has 0 bridgehead atoms. The number of ether oxygens (including phenoxy) is 1. The van der Waals surface area contributed by atoms with E-state index in [1.165, 1.54) is 18.1 Å². The quantitative estimate of drug-likeness (QED) is 0.377. The fraction of sp³-hybridized carbons (Fsp3) is 0.357. The van der Waals surface area contributed by atoms with E-state index in [4.69, 9.17) is 16.3 Å². The molecule has 2 aliphatic rings. The standard InChI is InChI=1S/C28H25ClF4N4O4/c1-41-23-10-20(21(31)12-34-23)28(40)19-7-4-16(30)9-22(19)37(27(28)39)13-14-2-5-17(6-3-14)36-26(38)18-8-15(29)11-35-24(18)25(32)33/h4,7-12,14,17,25,40H,2-3,5-6,13H2,1H3,(H,36,38). The number of benzene rings is 1. The minimum absolute atomic E-state index is 0.0145. The van der Waals surface area contributed by atoms with Crippen molar-refractivity contribution in [2.75, 3.05) is 18.6 Å². The third kappa shape index (κ3) is 5.33. The molecule has 0 saturated heterocycles. The summed E-state index contributed by atoms with van der Waals surface area (Å²) in [5, 5.41) is 14.5. The first-order chi connectivity index (χ1) is 19.5. The second-order valence-electron chi connectivity index (χ2n) is 10.1. The zero-order valence-corrected chi connectivity index (χ0v) is 22.5. The molecule has 1 atom stereocenters. The highest BCUT2D eigenvalue weighted by molar-refractivity contribution is 6.30. The SMILES string of the molecule is COc1cc(C2(O)C(=O)N(CC3CCC(NC(=O)c4cc(Cl)cnc4C(F)F)CC3)c3cc(F)ccc32)c(F)cn1. The summed E-state index contributed by atoms with van der Waals surface area (Å²) in [6, 6.07) is 5.41. The minimum Gasteiger partial charge on any atom is -0.481 e. The van der Waals surface area contributed by atoms with Crippen LogP contribution in [-0.2, 0) is 10.4 Å². The number of aliphatic hydroxyl groups is 1. The molecule has 3 heterocycles. The van der Waals surface area contributed by atoms with Crippen molar-refractivity contribution in [1.29, 1.82) is 0 Å². The van der Waals surface area contributed by atoms with Crippen molar-refractivity contribution in [2.45, 2.75) is 43.8 Å². The number of methoxy groups -OCH3 is 1. The van der Waals surface area contributed by atoms with Gasteiger partial charge in [0.25, 0.3) is 18.2 Å². The van der Waals surface area contributed by atoms with E-state index in [-0.39, 0.29) is 51.8 Å². The highest BCUT2D eigenvalue weighted by atomic mass is 35.5. The molecule has 0 radical (unpaired) electrons. The fourth-order valence-electron chi connectivity index (χ4n) is 5.52. The van der Waals surface area contributed by atoms with Crippen LogP contribution in [0.1, 0.15) is 59.3 Å². The average molecular weight is 593 g/mol. The maximum absolute atomic E-state index is 14.9. The first kappa shape index (κ1) is 28.7. The number of carbonyl (C=O) groups is 2. The molecule has 13 heteroatoms. The number of nitrogens with one attached hydrogen (secondary N) is 1. The van der Waals surface area contributed by atoms with Crippen LogP contribution in [-0.4, -0.2) is 46.6 Å². The summed E-state index contributed by atoms with van der Waals surface area (Å²) in [4.78, 5) is 35.0. The van der Waals surface area contributed by atoms with Gasteiger partial charge in [-0.05, 0) is 49.8 Å². The predicted octanol–water partition coefficient (Wildman–Crippen LogP) is 4.93. The van der Waals surface area contributed by atoms with Crippen LogP contribution in [0.3, 0.4) is 0 Å². The molecule has 216 valence electrons. The van der Waals surface area contributed by atoms with Crippen LogP contribution in [0.25, 0.3) is 0 Å². The van der Waals surface area contributed by atoms with E-state index in [2.05, 4.69) is 15.3 Å². The lowest BCUT2D eigenvalue weighted by molar-refractivity contribution is -0.132. The van der Waals surface area contributed by atoms with Crippen molar-refractivity contribution in [3.8, 4) is 5.88 Å². The Labute approximate surface area is 237 Å². The van der Waals surface area contributed by atoms with Crippen LogP contribution in [0.2, 0.25) is 5.02 Å². The average Bonchev–Trinajstić information content (AvgIpc) is 3.15. The van der Waals surface area contributed by atoms with Gasteiger partial charge in [-0.2, -0.15) is 0 Å². The monoisotopic (exact) mass is 592 g/mol. The van der Waals surface area contributed by atoms with Crippen molar-refractivity contribution in [3.63, 3.8) is 0 Å². The maximum Gasteiger partial charge on any atom is 0.281 e. The normalized spacial score (nSPS) is 22.1. The van der Waals surface area contributed by atoms with Gasteiger partial charge >= 0.3 is 0 Å². The van der Waals surface area contributed by atoms with Gasteiger partial charge in [-0.3, -0.25) is 14.6 Å². The van der Waals surface area contributed by atoms with Gasteiger partial charge in [0.05, 0.1) is 29.6 Å². The molecule has 1 aliphatic carbocycles. The highest BCUT2D eigenvalue weighted by Crippen LogP contribution is 2.46. The first-order valence-corrected chi connectivity index (χ1v) is 13.2. The number of anilines is 1. The number of carbonyl (C=O) groups excluding carboxylic acids is 2. The molecule has 1 fully saturated rings. The molecule has 1 aliphatic heterocycles. The zero-order valence-electron chi connectivity index (χ0n) is 21.7. The van der Waals surface area contributed by atoms with Crippen molar-refractivity contribution in [1.82, 2.24) is 15.3 Å². The fourth-order valence-corrected chi connectivity index (χ4v) is 5.68. The number of hydrogen-bond acceptors (Lipinski definition) is 6. The van der Waals surface area contributed by atoms with E-state index in [1.807, 2.05) is 0 Å². The topological polar surface area (TPSA) is 105 Å². The lowest BCUT2D eigenvalue weighted by Crippen LogP contribution is -2.45. The molecule has 0 spiro atoms. The molecule has 1 saturated carbocycles. The van der Waals surface area contributed by atoms with Gasteiger partial charge in [0.15, 0.2) is 5.60 Å². The number of fused-ring (bicyclic) bond motifs is 1. The molecule has 2 amide bonds. The number of pyridine rings is 2. The Hall–Kier alpha value is -3.77. The molecule has 2 N–H and O–H groups in total. The summed E-state index contributed by atoms with van der Waals surface area (Å²) in [7, 11) is 1.31. The Kier molecular flexibility index (Phi) is 7.89. The Morgan fingerprint density at radius 1 is 1.15 bits per heavy atom. The highest BCUT2D eigenvalue weighted by Gasteiger charge is 2.53. The molecule has 8 nitrogen and oxygen atoms in total. The van der Waals surface area contributed by atoms with Gasteiger partial charge in [0.1, 0.15) is 17.3 Å². The van der Waals surface area contributed by atoms with Crippen molar-refractivity contribution >= 4 is 29.1 Å². The van der Waals surface area contributed by atoms with Crippen LogP contribution in [0.5, 0.6) is 5.88 Å². The molecule has 5 rings (SSSR count). The Morgan fingerprint density at radius 3 is 2.56 bits per heavy atom. The summed E-state index contributed by atoms with van der Waals surface area (Å²) in [6.45, 7) is 0.107. The lowest BCUT2D eigenvalue weighted by atomic mass is 9.85. The van der Waals surface area contributed by atoms with Crippen LogP contribution in [0.15, 0.2) is 42.7 Å². The van der Waals surface area contributed by atoms with E-state index in [0.717, 1.165) is 36.7 Å². The summed E-state index contributed by atoms with van der Waals surface area (Å²) in [6.07, 6.45) is 0.963. The summed E-state index contributed by atoms with van der Waals surface area (Å²) in [5.74, 6) is -3.24. The largest absolute Gasteiger partial charge is 0.481 e. The Morgan fingerprint density at radius 2 is 1.88 bits per heavy atom. The summed E-state index contributed by atoms with van der Waals surface area (Å²) in [5.41, 5.74) is -3.60. The van der Waals surface area contributed by atoms with E-state index >= 15 is 0 Å². The second kappa shape index (κ2) is 11.2. The van der Waals surface area contributed by atoms with Gasteiger partial charge in [0, 0.05) is 36.0 Å². The molecular weight excluding hydrogens is 568 g/mol. The molecule has 3 aromatic rings. The smallest absolute Gasteiger partial charge is 0.281 e. The third-order valence-electron chi connectivity index (χ3n) is 7.58. The number of aromatic nitrogens is 2. The van der Waals surface area contributed by atoms with Gasteiger partial charge in [0.2, 0.25) is 5.88 Å². The van der Waals surface area contributed by atoms with E-state index in [1.54, 1.807) is 0 Å². The van der Waals surface area contributed by atoms with Gasteiger partial charge in [-0.15, -0.1) is 0 Å². The van der Waals surface area contributed by atoms with Crippen molar-refractivity contribution < 1.29 is 37.0 Å². The van der Waals surface area contributed by atoms with Gasteiger partial charge in [-0.25, -0.2) is 22.5 Å². The molecule has 1 aromatic carbocycles. The molecule has 41 heavy (non-hydrogen) atoms. The Bertz CT molecular complexity index is 1500. The number of rotatable bonds is 7. The second-order valence-corrected chi connectivity index (χ2v) is 10.5. The third-order valence-corrected chi connectivity index (χ3v) is 7.79.